The fourth-order valence-electron chi connectivity index (χ4n) is 1.11. The molecular formula is C11H10FN3O3. The van der Waals surface area contributed by atoms with Gasteiger partial charge in [-0.15, -0.1) is 0 Å². The third-order valence-corrected chi connectivity index (χ3v) is 2.06. The number of carboxylic acids is 1. The Kier molecular flexibility index (Phi) is 4.21. The van der Waals surface area contributed by atoms with Gasteiger partial charge in [0, 0.05) is 5.69 Å². The van der Waals surface area contributed by atoms with Crippen LogP contribution in [0.3, 0.4) is 0 Å². The van der Waals surface area contributed by atoms with E-state index in [0.717, 1.165) is 12.1 Å². The first kappa shape index (κ1) is 13.4. The minimum atomic E-state index is -1.18. The summed E-state index contributed by atoms with van der Waals surface area (Å²) in [7, 11) is 0. The Morgan fingerprint density at radius 3 is 2.72 bits per heavy atom. The maximum atomic E-state index is 13.0. The molecule has 1 aromatic rings. The molecule has 0 aliphatic rings. The van der Waals surface area contributed by atoms with E-state index in [4.69, 9.17) is 10.4 Å². The number of carbonyl (C=O) groups is 2. The van der Waals surface area contributed by atoms with E-state index in [1.54, 1.807) is 6.07 Å². The Morgan fingerprint density at radius 2 is 2.17 bits per heavy atom. The predicted molar refractivity (Wildman–Crippen MR) is 60.4 cm³/mol. The van der Waals surface area contributed by atoms with Crippen molar-refractivity contribution in [3.05, 3.63) is 29.6 Å². The third kappa shape index (κ3) is 3.45. The molecule has 0 aliphatic heterocycles. The summed E-state index contributed by atoms with van der Waals surface area (Å²) in [5.74, 6) is -1.87. The van der Waals surface area contributed by atoms with Crippen LogP contribution in [0.25, 0.3) is 0 Å². The van der Waals surface area contributed by atoms with Gasteiger partial charge in [0.15, 0.2) is 0 Å². The first-order chi connectivity index (χ1) is 8.43. The van der Waals surface area contributed by atoms with Crippen LogP contribution in [0.15, 0.2) is 18.2 Å². The number of benzene rings is 1. The minimum Gasteiger partial charge on any atom is -0.480 e. The lowest BCUT2D eigenvalue weighted by molar-refractivity contribution is -0.138. The zero-order chi connectivity index (χ0) is 13.7. The molecule has 0 fully saturated rings. The molecule has 0 saturated carbocycles. The van der Waals surface area contributed by atoms with E-state index in [0.29, 0.717) is 0 Å². The number of carbonyl (C=O) groups excluding carboxylic acids is 1. The van der Waals surface area contributed by atoms with Gasteiger partial charge in [-0.05, 0) is 25.1 Å². The van der Waals surface area contributed by atoms with Gasteiger partial charge in [0.25, 0.3) is 0 Å². The number of hydrogen-bond donors (Lipinski definition) is 3. The molecule has 6 nitrogen and oxygen atoms in total. The first-order valence-electron chi connectivity index (χ1n) is 4.94. The SMILES string of the molecule is C[C@@H](NC(=O)Nc1ccc(F)c(C#N)c1)C(=O)O. The lowest BCUT2D eigenvalue weighted by atomic mass is 10.2. The van der Waals surface area contributed by atoms with Gasteiger partial charge in [-0.3, -0.25) is 4.79 Å². The molecule has 94 valence electrons. The molecule has 1 rings (SSSR count). The van der Waals surface area contributed by atoms with Gasteiger partial charge in [-0.1, -0.05) is 0 Å². The topological polar surface area (TPSA) is 102 Å². The van der Waals surface area contributed by atoms with Crippen molar-refractivity contribution in [3.8, 4) is 6.07 Å². The minimum absolute atomic E-state index is 0.197. The number of hydrogen-bond acceptors (Lipinski definition) is 3. The molecule has 0 heterocycles. The number of nitriles is 1. The Hall–Kier alpha value is -2.62. The van der Waals surface area contributed by atoms with Crippen molar-refractivity contribution in [2.24, 2.45) is 0 Å². The lowest BCUT2D eigenvalue weighted by Gasteiger charge is -2.10. The average Bonchev–Trinajstić information content (AvgIpc) is 2.31. The van der Waals surface area contributed by atoms with Crippen molar-refractivity contribution in [2.45, 2.75) is 13.0 Å². The van der Waals surface area contributed by atoms with E-state index >= 15 is 0 Å². The van der Waals surface area contributed by atoms with Gasteiger partial charge in [0.1, 0.15) is 17.9 Å². The second kappa shape index (κ2) is 5.63. The molecule has 0 aromatic heterocycles. The molecular weight excluding hydrogens is 241 g/mol. The molecule has 2 amide bonds. The number of carboxylic acid groups (broad SMARTS) is 1. The number of nitrogens with zero attached hydrogens (tertiary/aromatic N) is 1. The van der Waals surface area contributed by atoms with Crippen molar-refractivity contribution in [1.29, 1.82) is 5.26 Å². The molecule has 0 unspecified atom stereocenters. The highest BCUT2D eigenvalue weighted by Crippen LogP contribution is 2.13. The Bertz CT molecular complexity index is 525. The van der Waals surface area contributed by atoms with Gasteiger partial charge in [-0.25, -0.2) is 9.18 Å². The highest BCUT2D eigenvalue weighted by molar-refractivity contribution is 5.92. The lowest BCUT2D eigenvalue weighted by Crippen LogP contribution is -2.40. The predicted octanol–water partition coefficient (Wildman–Crippen LogP) is 1.29. The Labute approximate surface area is 102 Å². The summed E-state index contributed by atoms with van der Waals surface area (Å²) in [5, 5.41) is 21.6. The molecule has 3 N–H and O–H groups in total. The smallest absolute Gasteiger partial charge is 0.325 e. The summed E-state index contributed by atoms with van der Waals surface area (Å²) in [4.78, 5) is 21.8. The van der Waals surface area contributed by atoms with E-state index in [-0.39, 0.29) is 11.3 Å². The van der Waals surface area contributed by atoms with Gasteiger partial charge in [0.2, 0.25) is 0 Å². The molecule has 1 atom stereocenters. The summed E-state index contributed by atoms with van der Waals surface area (Å²) in [5.41, 5.74) is -0.0119. The number of aliphatic carboxylic acids is 1. The number of nitrogens with one attached hydrogen (secondary N) is 2. The largest absolute Gasteiger partial charge is 0.480 e. The fourth-order valence-corrected chi connectivity index (χ4v) is 1.11. The van der Waals surface area contributed by atoms with E-state index in [1.165, 1.54) is 13.0 Å². The number of halogens is 1. The van der Waals surface area contributed by atoms with Crippen molar-refractivity contribution in [3.63, 3.8) is 0 Å². The number of amides is 2. The molecule has 18 heavy (non-hydrogen) atoms. The van der Waals surface area contributed by atoms with Crippen LogP contribution in [0, 0.1) is 17.1 Å². The molecule has 7 heteroatoms. The van der Waals surface area contributed by atoms with Crippen molar-refractivity contribution in [2.75, 3.05) is 5.32 Å². The van der Waals surface area contributed by atoms with E-state index < -0.39 is 23.9 Å². The molecule has 0 spiro atoms. The van der Waals surface area contributed by atoms with Crippen LogP contribution < -0.4 is 10.6 Å². The first-order valence-corrected chi connectivity index (χ1v) is 4.94. The normalized spacial score (nSPS) is 11.2. The van der Waals surface area contributed by atoms with E-state index in [2.05, 4.69) is 10.6 Å². The molecule has 0 radical (unpaired) electrons. The highest BCUT2D eigenvalue weighted by atomic mass is 19.1. The summed E-state index contributed by atoms with van der Waals surface area (Å²) in [6, 6.07) is 3.28. The van der Waals surface area contributed by atoms with Crippen LogP contribution in [0.1, 0.15) is 12.5 Å². The van der Waals surface area contributed by atoms with Gasteiger partial charge in [-0.2, -0.15) is 5.26 Å². The highest BCUT2D eigenvalue weighted by Gasteiger charge is 2.14. The van der Waals surface area contributed by atoms with Crippen LogP contribution in [0.4, 0.5) is 14.9 Å². The Balaban J connectivity index is 2.71. The zero-order valence-electron chi connectivity index (χ0n) is 9.40. The quantitative estimate of drug-likeness (QED) is 0.753. The third-order valence-electron chi connectivity index (χ3n) is 2.06. The second-order valence-electron chi connectivity index (χ2n) is 3.46. The van der Waals surface area contributed by atoms with Crippen LogP contribution in [-0.4, -0.2) is 23.1 Å². The van der Waals surface area contributed by atoms with E-state index in [9.17, 15) is 14.0 Å². The Morgan fingerprint density at radius 1 is 1.50 bits per heavy atom. The van der Waals surface area contributed by atoms with Gasteiger partial charge >= 0.3 is 12.0 Å². The van der Waals surface area contributed by atoms with Crippen LogP contribution in [0.5, 0.6) is 0 Å². The number of rotatable bonds is 3. The molecule has 1 aromatic carbocycles. The number of anilines is 1. The summed E-state index contributed by atoms with van der Waals surface area (Å²) in [6.45, 7) is 1.30. The fraction of sp³-hybridized carbons (Fsp3) is 0.182. The second-order valence-corrected chi connectivity index (χ2v) is 3.46. The van der Waals surface area contributed by atoms with Gasteiger partial charge in [0.05, 0.1) is 5.56 Å². The van der Waals surface area contributed by atoms with Crippen molar-refractivity contribution >= 4 is 17.7 Å². The monoisotopic (exact) mass is 251 g/mol. The maximum absolute atomic E-state index is 13.0. The van der Waals surface area contributed by atoms with Crippen LogP contribution in [-0.2, 0) is 4.79 Å². The molecule has 0 bridgehead atoms. The number of urea groups is 1. The van der Waals surface area contributed by atoms with E-state index in [1.807, 2.05) is 0 Å². The average molecular weight is 251 g/mol. The summed E-state index contributed by atoms with van der Waals surface area (Å²) < 4.78 is 13.0. The van der Waals surface area contributed by atoms with Crippen molar-refractivity contribution in [1.82, 2.24) is 5.32 Å². The van der Waals surface area contributed by atoms with Crippen LogP contribution >= 0.6 is 0 Å². The van der Waals surface area contributed by atoms with Crippen LogP contribution in [0.2, 0.25) is 0 Å². The zero-order valence-corrected chi connectivity index (χ0v) is 9.40. The summed E-state index contributed by atoms with van der Waals surface area (Å²) >= 11 is 0. The standard InChI is InChI=1S/C11H10FN3O3/c1-6(10(16)17)14-11(18)15-8-2-3-9(12)7(4-8)5-13/h2-4,6H,1H3,(H,16,17)(H2,14,15,18)/t6-/m1/s1. The van der Waals surface area contributed by atoms with Crippen molar-refractivity contribution < 1.29 is 19.1 Å². The molecule has 0 saturated heterocycles. The summed E-state index contributed by atoms with van der Waals surface area (Å²) in [6.07, 6.45) is 0. The molecule has 0 aliphatic carbocycles. The maximum Gasteiger partial charge on any atom is 0.325 e. The van der Waals surface area contributed by atoms with Gasteiger partial charge < -0.3 is 15.7 Å².